The fraction of sp³-hybridized carbons (Fsp3) is 0.714. The van der Waals surface area contributed by atoms with E-state index in [1.165, 1.54) is 57.8 Å². The highest BCUT2D eigenvalue weighted by molar-refractivity contribution is 7.80. The average molecular weight is 385 g/mol. The Labute approximate surface area is 160 Å². The van der Waals surface area contributed by atoms with Crippen LogP contribution >= 0.6 is 0 Å². The Balaban J connectivity index is 2.38. The Bertz CT molecular complexity index is 608. The minimum absolute atomic E-state index is 0.813. The van der Waals surface area contributed by atoms with Crippen LogP contribution in [0.2, 0.25) is 0 Å². The molecular weight excluding hydrogens is 348 g/mol. The highest BCUT2D eigenvalue weighted by Gasteiger charge is 2.29. The molecule has 0 amide bonds. The third-order valence-electron chi connectivity index (χ3n) is 4.78. The molecule has 0 saturated heterocycles. The minimum Gasteiger partial charge on any atom is -0.264 e. The van der Waals surface area contributed by atoms with Crippen molar-refractivity contribution in [3.05, 3.63) is 35.4 Å². The second kappa shape index (κ2) is 11.7. The van der Waals surface area contributed by atoms with E-state index in [0.717, 1.165) is 24.0 Å². The number of unbranched alkanes of at least 4 members (excludes halogenated alkanes) is 9. The zero-order valence-electron chi connectivity index (χ0n) is 16.7. The molecule has 0 aliphatic rings. The molecule has 5 heteroatoms. The van der Waals surface area contributed by atoms with Crippen LogP contribution in [-0.2, 0) is 26.6 Å². The molecule has 0 radical (unpaired) electrons. The van der Waals surface area contributed by atoms with Gasteiger partial charge in [0.1, 0.15) is 5.60 Å². The SMILES string of the molecule is CCCCCCCCCCCCc1ccccc1C(C)(C)OS(=O)(=O)O. The molecule has 0 unspecified atom stereocenters. The average Bonchev–Trinajstić information content (AvgIpc) is 2.55. The van der Waals surface area contributed by atoms with E-state index in [1.807, 2.05) is 24.3 Å². The van der Waals surface area contributed by atoms with Crippen molar-refractivity contribution in [1.82, 2.24) is 0 Å². The number of hydrogen-bond acceptors (Lipinski definition) is 3. The first-order valence-corrected chi connectivity index (χ1v) is 11.4. The van der Waals surface area contributed by atoms with Crippen LogP contribution < -0.4 is 0 Å². The standard InChI is InChI=1S/C21H36O4S/c1-4-5-6-7-8-9-10-11-12-13-16-19-17-14-15-18-20(19)21(2,3)25-26(22,23)24/h14-15,17-18H,4-13,16H2,1-3H3,(H,22,23,24). The first-order chi connectivity index (χ1) is 12.3. The van der Waals surface area contributed by atoms with E-state index in [-0.39, 0.29) is 0 Å². The smallest absolute Gasteiger partial charge is 0.264 e. The van der Waals surface area contributed by atoms with Gasteiger partial charge < -0.3 is 0 Å². The van der Waals surface area contributed by atoms with Gasteiger partial charge in [-0.05, 0) is 37.8 Å². The van der Waals surface area contributed by atoms with E-state index in [9.17, 15) is 8.42 Å². The van der Waals surface area contributed by atoms with Gasteiger partial charge in [-0.2, -0.15) is 8.42 Å². The van der Waals surface area contributed by atoms with Crippen molar-refractivity contribution in [1.29, 1.82) is 0 Å². The van der Waals surface area contributed by atoms with Crippen molar-refractivity contribution in [2.75, 3.05) is 0 Å². The topological polar surface area (TPSA) is 63.6 Å². The first-order valence-electron chi connectivity index (χ1n) is 10.0. The summed E-state index contributed by atoms with van der Waals surface area (Å²) in [6.07, 6.45) is 13.8. The van der Waals surface area contributed by atoms with Gasteiger partial charge in [0, 0.05) is 0 Å². The number of rotatable bonds is 14. The van der Waals surface area contributed by atoms with Crippen molar-refractivity contribution >= 4 is 10.4 Å². The summed E-state index contributed by atoms with van der Waals surface area (Å²) in [5.41, 5.74) is 0.817. The van der Waals surface area contributed by atoms with Crippen molar-refractivity contribution in [3.8, 4) is 0 Å². The van der Waals surface area contributed by atoms with Crippen molar-refractivity contribution < 1.29 is 17.2 Å². The highest BCUT2D eigenvalue weighted by atomic mass is 32.3. The third-order valence-corrected chi connectivity index (χ3v) is 5.41. The van der Waals surface area contributed by atoms with Gasteiger partial charge in [-0.15, -0.1) is 0 Å². The predicted molar refractivity (Wildman–Crippen MR) is 108 cm³/mol. The molecule has 0 fully saturated rings. The van der Waals surface area contributed by atoms with Gasteiger partial charge in [-0.3, -0.25) is 4.55 Å². The van der Waals surface area contributed by atoms with Crippen LogP contribution in [-0.4, -0.2) is 13.0 Å². The van der Waals surface area contributed by atoms with Gasteiger partial charge in [0.15, 0.2) is 0 Å². The predicted octanol–water partition coefficient (Wildman–Crippen LogP) is 6.20. The third kappa shape index (κ3) is 9.70. The quantitative estimate of drug-likeness (QED) is 0.306. The van der Waals surface area contributed by atoms with Gasteiger partial charge in [0.05, 0.1) is 0 Å². The Kier molecular flexibility index (Phi) is 10.4. The van der Waals surface area contributed by atoms with E-state index < -0.39 is 16.0 Å². The fourth-order valence-electron chi connectivity index (χ4n) is 3.44. The van der Waals surface area contributed by atoms with Crippen LogP contribution in [0.5, 0.6) is 0 Å². The summed E-state index contributed by atoms with van der Waals surface area (Å²) in [6, 6.07) is 7.71. The van der Waals surface area contributed by atoms with E-state index in [0.29, 0.717) is 0 Å². The number of hydrogen-bond donors (Lipinski definition) is 1. The van der Waals surface area contributed by atoms with E-state index in [2.05, 4.69) is 6.92 Å². The molecule has 1 aromatic rings. The van der Waals surface area contributed by atoms with Crippen molar-refractivity contribution in [2.45, 2.75) is 97.0 Å². The molecular formula is C21H36O4S. The van der Waals surface area contributed by atoms with Crippen LogP contribution in [0.15, 0.2) is 24.3 Å². The van der Waals surface area contributed by atoms with Gasteiger partial charge in [0.2, 0.25) is 0 Å². The molecule has 0 aliphatic heterocycles. The molecule has 26 heavy (non-hydrogen) atoms. The summed E-state index contributed by atoms with van der Waals surface area (Å²) < 4.78 is 36.1. The molecule has 1 N–H and O–H groups in total. The normalized spacial score (nSPS) is 12.5. The van der Waals surface area contributed by atoms with Crippen molar-refractivity contribution in [2.24, 2.45) is 0 Å². The maximum Gasteiger partial charge on any atom is 0.398 e. The monoisotopic (exact) mass is 384 g/mol. The second-order valence-corrected chi connectivity index (χ2v) is 8.63. The molecule has 0 saturated carbocycles. The lowest BCUT2D eigenvalue weighted by molar-refractivity contribution is 0.0976. The molecule has 150 valence electrons. The fourth-order valence-corrected chi connectivity index (χ4v) is 4.05. The van der Waals surface area contributed by atoms with E-state index in [4.69, 9.17) is 8.74 Å². The molecule has 4 nitrogen and oxygen atoms in total. The maximum atomic E-state index is 11.1. The van der Waals surface area contributed by atoms with E-state index >= 15 is 0 Å². The summed E-state index contributed by atoms with van der Waals surface area (Å²) in [7, 11) is -4.49. The molecule has 1 rings (SSSR count). The van der Waals surface area contributed by atoms with Gasteiger partial charge in [-0.25, -0.2) is 4.18 Å². The lowest BCUT2D eigenvalue weighted by Crippen LogP contribution is -2.26. The lowest BCUT2D eigenvalue weighted by Gasteiger charge is -2.26. The van der Waals surface area contributed by atoms with Crippen molar-refractivity contribution in [3.63, 3.8) is 0 Å². The highest BCUT2D eigenvalue weighted by Crippen LogP contribution is 2.30. The van der Waals surface area contributed by atoms with Crippen LogP contribution in [0, 0.1) is 0 Å². The molecule has 0 heterocycles. The first kappa shape index (κ1) is 23.1. The zero-order valence-corrected chi connectivity index (χ0v) is 17.5. The molecule has 0 aromatic heterocycles. The Hall–Kier alpha value is -0.910. The molecule has 0 bridgehead atoms. The van der Waals surface area contributed by atoms with Crippen LogP contribution in [0.4, 0.5) is 0 Å². The lowest BCUT2D eigenvalue weighted by atomic mass is 9.90. The summed E-state index contributed by atoms with van der Waals surface area (Å²) >= 11 is 0. The van der Waals surface area contributed by atoms with Crippen LogP contribution in [0.3, 0.4) is 0 Å². The second-order valence-electron chi connectivity index (χ2n) is 7.61. The van der Waals surface area contributed by atoms with Gasteiger partial charge in [-0.1, -0.05) is 89.0 Å². The Morgan fingerprint density at radius 2 is 1.38 bits per heavy atom. The molecule has 0 atom stereocenters. The van der Waals surface area contributed by atoms with Gasteiger partial charge in [0.25, 0.3) is 0 Å². The maximum absolute atomic E-state index is 11.1. The molecule has 1 aromatic carbocycles. The minimum atomic E-state index is -4.49. The largest absolute Gasteiger partial charge is 0.398 e. The summed E-state index contributed by atoms with van der Waals surface area (Å²) in [6.45, 7) is 5.57. The summed E-state index contributed by atoms with van der Waals surface area (Å²) in [5.74, 6) is 0. The summed E-state index contributed by atoms with van der Waals surface area (Å²) in [5, 5.41) is 0. The molecule has 0 aliphatic carbocycles. The molecule has 0 spiro atoms. The van der Waals surface area contributed by atoms with Crippen LogP contribution in [0.25, 0.3) is 0 Å². The van der Waals surface area contributed by atoms with Crippen LogP contribution in [0.1, 0.15) is 96.1 Å². The Morgan fingerprint density at radius 1 is 0.885 bits per heavy atom. The Morgan fingerprint density at radius 3 is 1.92 bits per heavy atom. The number of aryl methyl sites for hydroxylation is 1. The number of benzene rings is 1. The summed E-state index contributed by atoms with van der Waals surface area (Å²) in [4.78, 5) is 0. The zero-order chi connectivity index (χ0) is 19.5. The van der Waals surface area contributed by atoms with E-state index in [1.54, 1.807) is 13.8 Å². The van der Waals surface area contributed by atoms with Gasteiger partial charge >= 0.3 is 10.4 Å².